The Morgan fingerprint density at radius 2 is 1.44 bits per heavy atom. The number of hydrogen-bond donors (Lipinski definition) is 0. The lowest BCUT2D eigenvalue weighted by molar-refractivity contribution is 0.0781. The molecule has 2 saturated heterocycles. The summed E-state index contributed by atoms with van der Waals surface area (Å²) in [4.78, 5) is 2.80. The van der Waals surface area contributed by atoms with E-state index in [4.69, 9.17) is 0 Å². The van der Waals surface area contributed by atoms with Crippen LogP contribution in [-0.4, -0.2) is 17.0 Å². The van der Waals surface area contributed by atoms with E-state index in [0.29, 0.717) is 0 Å². The van der Waals surface area contributed by atoms with E-state index in [2.05, 4.69) is 35.2 Å². The van der Waals surface area contributed by atoms with Crippen LogP contribution in [-0.2, 0) is 6.54 Å². The molecule has 1 nitrogen and oxygen atoms in total. The fourth-order valence-electron chi connectivity index (χ4n) is 4.44. The van der Waals surface area contributed by atoms with Crippen molar-refractivity contribution in [2.75, 3.05) is 0 Å². The fraction of sp³-hybridized carbons (Fsp3) is 0.600. The molecule has 16 heavy (non-hydrogen) atoms. The molecule has 2 heterocycles. The van der Waals surface area contributed by atoms with Gasteiger partial charge in [-0.25, -0.2) is 0 Å². The summed E-state index contributed by atoms with van der Waals surface area (Å²) < 4.78 is 0. The number of nitrogens with zero attached hydrogens (tertiary/aromatic N) is 1. The summed E-state index contributed by atoms with van der Waals surface area (Å²) in [6, 6.07) is 12.8. The van der Waals surface area contributed by atoms with Crippen LogP contribution in [0.25, 0.3) is 0 Å². The molecule has 1 aromatic rings. The van der Waals surface area contributed by atoms with Crippen molar-refractivity contribution < 1.29 is 0 Å². The minimum absolute atomic E-state index is 0.919. The Morgan fingerprint density at radius 1 is 0.875 bits per heavy atom. The van der Waals surface area contributed by atoms with Crippen LogP contribution in [0.1, 0.15) is 31.2 Å². The van der Waals surface area contributed by atoms with Gasteiger partial charge >= 0.3 is 0 Å². The van der Waals surface area contributed by atoms with Gasteiger partial charge in [0.25, 0.3) is 0 Å². The molecule has 2 aliphatic heterocycles. The fourth-order valence-corrected chi connectivity index (χ4v) is 4.44. The monoisotopic (exact) mass is 213 g/mol. The maximum Gasteiger partial charge on any atom is 0.0239 e. The highest BCUT2D eigenvalue weighted by molar-refractivity contribution is 5.16. The van der Waals surface area contributed by atoms with Crippen molar-refractivity contribution in [2.45, 2.75) is 44.3 Å². The zero-order valence-electron chi connectivity index (χ0n) is 9.68. The van der Waals surface area contributed by atoms with Crippen LogP contribution in [0.5, 0.6) is 0 Å². The lowest BCUT2D eigenvalue weighted by Gasteiger charge is -2.40. The van der Waals surface area contributed by atoms with Gasteiger partial charge in [-0.15, -0.1) is 0 Å². The molecule has 0 unspecified atom stereocenters. The highest BCUT2D eigenvalue weighted by Crippen LogP contribution is 2.53. The summed E-state index contributed by atoms with van der Waals surface area (Å²) in [6.07, 6.45) is 5.98. The Hall–Kier alpha value is -0.820. The molecular weight excluding hydrogens is 194 g/mol. The third-order valence-corrected chi connectivity index (χ3v) is 5.11. The highest BCUT2D eigenvalue weighted by atomic mass is 15.2. The van der Waals surface area contributed by atoms with Crippen LogP contribution < -0.4 is 0 Å². The van der Waals surface area contributed by atoms with Crippen molar-refractivity contribution in [1.82, 2.24) is 4.90 Å². The maximum absolute atomic E-state index is 2.80. The molecule has 0 N–H and O–H groups in total. The van der Waals surface area contributed by atoms with Crippen LogP contribution in [0.4, 0.5) is 0 Å². The smallest absolute Gasteiger partial charge is 0.0239 e. The summed E-state index contributed by atoms with van der Waals surface area (Å²) in [6.45, 7) is 1.19. The molecule has 4 aliphatic rings. The predicted octanol–water partition coefficient (Wildman–Crippen LogP) is 3.06. The molecule has 84 valence electrons. The molecule has 1 heteroatoms. The van der Waals surface area contributed by atoms with Crippen LogP contribution in [0, 0.1) is 11.8 Å². The molecule has 0 atom stereocenters. The third-order valence-electron chi connectivity index (χ3n) is 5.11. The zero-order chi connectivity index (χ0) is 10.5. The minimum atomic E-state index is 0.919. The number of piperidine rings is 2. The molecule has 5 rings (SSSR count). The molecule has 1 aromatic carbocycles. The van der Waals surface area contributed by atoms with E-state index in [1.165, 1.54) is 37.8 Å². The number of rotatable bonds is 2. The van der Waals surface area contributed by atoms with Gasteiger partial charge in [0.15, 0.2) is 0 Å². The number of benzene rings is 1. The van der Waals surface area contributed by atoms with Crippen molar-refractivity contribution >= 4 is 0 Å². The van der Waals surface area contributed by atoms with Crippen molar-refractivity contribution in [2.24, 2.45) is 11.8 Å². The second-order valence-corrected chi connectivity index (χ2v) is 5.93. The van der Waals surface area contributed by atoms with E-state index >= 15 is 0 Å². The molecular formula is C15H19N. The average Bonchev–Trinajstić information content (AvgIpc) is 2.78. The van der Waals surface area contributed by atoms with E-state index in [-0.39, 0.29) is 0 Å². The van der Waals surface area contributed by atoms with E-state index in [1.807, 2.05) is 0 Å². The Morgan fingerprint density at radius 3 is 2.00 bits per heavy atom. The van der Waals surface area contributed by atoms with E-state index < -0.39 is 0 Å². The molecule has 0 radical (unpaired) electrons. The van der Waals surface area contributed by atoms with Gasteiger partial charge in [0.05, 0.1) is 0 Å². The SMILES string of the molecule is c1ccc(CN2C3CC4CC2CC4C3)cc1. The molecule has 2 aliphatic carbocycles. The van der Waals surface area contributed by atoms with E-state index in [9.17, 15) is 0 Å². The quantitative estimate of drug-likeness (QED) is 0.730. The van der Waals surface area contributed by atoms with Crippen LogP contribution >= 0.6 is 0 Å². The topological polar surface area (TPSA) is 3.24 Å². The van der Waals surface area contributed by atoms with Crippen LogP contribution in [0.15, 0.2) is 30.3 Å². The first-order valence-corrected chi connectivity index (χ1v) is 6.70. The van der Waals surface area contributed by atoms with Gasteiger partial charge < -0.3 is 0 Å². The van der Waals surface area contributed by atoms with Crippen molar-refractivity contribution in [1.29, 1.82) is 0 Å². The first-order chi connectivity index (χ1) is 7.90. The normalized spacial score (nSPS) is 40.8. The van der Waals surface area contributed by atoms with Gasteiger partial charge in [0.2, 0.25) is 0 Å². The molecule has 0 amide bonds. The molecule has 4 fully saturated rings. The standard InChI is InChI=1S/C15H19N/c1-2-4-11(5-3-1)10-16-14-6-12-7-15(16)9-13(12)8-14/h1-5,12-15H,6-10H2. The second kappa shape index (κ2) is 3.33. The zero-order valence-corrected chi connectivity index (χ0v) is 9.68. The number of hydrogen-bond acceptors (Lipinski definition) is 1. The predicted molar refractivity (Wildman–Crippen MR) is 65.0 cm³/mol. The summed E-state index contributed by atoms with van der Waals surface area (Å²) in [7, 11) is 0. The Balaban J connectivity index is 1.56. The van der Waals surface area contributed by atoms with Gasteiger partial charge in [-0.1, -0.05) is 30.3 Å². The van der Waals surface area contributed by atoms with Crippen LogP contribution in [0.2, 0.25) is 0 Å². The minimum Gasteiger partial charge on any atom is -0.293 e. The van der Waals surface area contributed by atoms with Gasteiger partial charge in [-0.3, -0.25) is 4.90 Å². The third kappa shape index (κ3) is 1.27. The molecule has 2 saturated carbocycles. The Labute approximate surface area is 97.5 Å². The van der Waals surface area contributed by atoms with Crippen LogP contribution in [0.3, 0.4) is 0 Å². The summed E-state index contributed by atoms with van der Waals surface area (Å²) in [5.74, 6) is 2.20. The van der Waals surface area contributed by atoms with Gasteiger partial charge in [0.1, 0.15) is 0 Å². The van der Waals surface area contributed by atoms with Gasteiger partial charge in [-0.2, -0.15) is 0 Å². The maximum atomic E-state index is 2.80. The first-order valence-electron chi connectivity index (χ1n) is 6.70. The van der Waals surface area contributed by atoms with E-state index in [0.717, 1.165) is 23.9 Å². The highest BCUT2D eigenvalue weighted by Gasteiger charge is 2.51. The summed E-state index contributed by atoms with van der Waals surface area (Å²) >= 11 is 0. The molecule has 0 spiro atoms. The van der Waals surface area contributed by atoms with Crippen molar-refractivity contribution in [3.05, 3.63) is 35.9 Å². The van der Waals surface area contributed by atoms with Crippen molar-refractivity contribution in [3.8, 4) is 0 Å². The van der Waals surface area contributed by atoms with Gasteiger partial charge in [0, 0.05) is 18.6 Å². The molecule has 0 aromatic heterocycles. The molecule has 4 bridgehead atoms. The lowest BCUT2D eigenvalue weighted by Crippen LogP contribution is -2.45. The average molecular weight is 213 g/mol. The second-order valence-electron chi connectivity index (χ2n) is 5.93. The first kappa shape index (κ1) is 9.23. The van der Waals surface area contributed by atoms with Crippen molar-refractivity contribution in [3.63, 3.8) is 0 Å². The lowest BCUT2D eigenvalue weighted by atomic mass is 9.96. The van der Waals surface area contributed by atoms with E-state index in [1.54, 1.807) is 0 Å². The largest absolute Gasteiger partial charge is 0.293 e. The Bertz CT molecular complexity index is 356. The Kier molecular flexibility index (Phi) is 1.92. The summed E-state index contributed by atoms with van der Waals surface area (Å²) in [5, 5.41) is 0. The van der Waals surface area contributed by atoms with Gasteiger partial charge in [-0.05, 0) is 43.1 Å². The summed E-state index contributed by atoms with van der Waals surface area (Å²) in [5.41, 5.74) is 1.50.